The number of thiazole rings is 1. The van der Waals surface area contributed by atoms with Crippen molar-refractivity contribution >= 4 is 138 Å². The highest BCUT2D eigenvalue weighted by atomic mass is 35.5. The molecule has 0 radical (unpaired) electrons. The molecule has 5 aromatic heterocycles. The fraction of sp³-hybridized carbons (Fsp3) is 0.0238. The van der Waals surface area contributed by atoms with Crippen molar-refractivity contribution in [2.75, 3.05) is 0 Å². The molecule has 0 amide bonds. The van der Waals surface area contributed by atoms with Crippen LogP contribution in [0.25, 0.3) is 60.1 Å². The maximum absolute atomic E-state index is 5.76. The van der Waals surface area contributed by atoms with Gasteiger partial charge in [-0.2, -0.15) is 0 Å². The smallest absolute Gasteiger partial charge is 0.266 e. The molecule has 0 spiro atoms. The lowest BCUT2D eigenvalue weighted by Gasteiger charge is -2.03. The zero-order chi connectivity index (χ0) is 40.6. The van der Waals surface area contributed by atoms with Crippen molar-refractivity contribution in [1.29, 1.82) is 0 Å². The molecule has 0 bridgehead atoms. The Bertz CT molecular complexity index is 3180. The second-order valence-electron chi connectivity index (χ2n) is 12.5. The molecule has 290 valence electrons. The van der Waals surface area contributed by atoms with E-state index in [1.165, 1.54) is 10.3 Å². The molecular weight excluding hydrogens is 860 g/mol. The number of H-pyrrole nitrogens is 7. The number of nitrogens with zero attached hydrogens (tertiary/aromatic N) is 1. The summed E-state index contributed by atoms with van der Waals surface area (Å²) in [6, 6.07) is 45.7. The first-order chi connectivity index (χ1) is 28.1. The number of rotatable bonds is 1. The number of para-hydroxylation sites is 6. The van der Waals surface area contributed by atoms with Crippen molar-refractivity contribution in [3.63, 3.8) is 0 Å². The van der Waals surface area contributed by atoms with E-state index in [2.05, 4.69) is 78.2 Å². The van der Waals surface area contributed by atoms with E-state index in [-0.39, 0.29) is 0 Å². The molecule has 5 heterocycles. The Balaban J connectivity index is 0.000000112. The van der Waals surface area contributed by atoms with E-state index in [1.807, 2.05) is 108 Å². The summed E-state index contributed by atoms with van der Waals surface area (Å²) in [6.45, 7) is 2.06. The minimum Gasteiger partial charge on any atom is -0.429 e. The number of hydrogen-bond acceptors (Lipinski definition) is 7. The van der Waals surface area contributed by atoms with Crippen molar-refractivity contribution < 1.29 is 4.42 Å². The molecule has 11 rings (SSSR count). The third-order valence-corrected chi connectivity index (χ3v) is 10.7. The first-order valence-electron chi connectivity index (χ1n) is 17.6. The van der Waals surface area contributed by atoms with Crippen LogP contribution in [0.4, 0.5) is 0 Å². The largest absolute Gasteiger partial charge is 0.429 e. The lowest BCUT2D eigenvalue weighted by molar-refractivity contribution is 0.583. The monoisotopic (exact) mass is 892 g/mol. The molecule has 7 N–H and O–H groups in total. The Hall–Kier alpha value is -5.52. The second-order valence-corrected chi connectivity index (χ2v) is 16.3. The minimum absolute atomic E-state index is 0.432. The van der Waals surface area contributed by atoms with Gasteiger partial charge in [-0.05, 0) is 152 Å². The molecule has 58 heavy (non-hydrogen) atoms. The number of aromatic nitrogens is 8. The number of aryl methyl sites for hydroxylation is 1. The van der Waals surface area contributed by atoms with Crippen LogP contribution < -0.4 is 0 Å². The standard InChI is InChI=1S/C13H10N2S.C8H8N2S.C7H5ClN2S.C7H5NOS.C7H5NS2/c16-13-14-11-8-4-5-9-12(11)15(13)10-6-2-1-3-7-10;1-5-2-3-6-7(4-5)10-8(11)9-6;8-4-1-2-5-6(3-4)10-7(11)9-5;10-7-8-5-3-1-2-4-6(5)9-7;9-7-8-5-3-1-2-4-6(5)10-7/h1-9H,(H,14,16);2-4H,1H3,(H2,9,10,11);1-3H,(H2,9,10,11);1-4H,(H,8,10);1-4H,(H,8,9). The molecule has 0 aliphatic carbocycles. The van der Waals surface area contributed by atoms with Gasteiger partial charge >= 0.3 is 0 Å². The number of hydrogen-bond donors (Lipinski definition) is 7. The normalized spacial score (nSPS) is 10.6. The van der Waals surface area contributed by atoms with Crippen molar-refractivity contribution in [3.05, 3.63) is 173 Å². The van der Waals surface area contributed by atoms with Crippen molar-refractivity contribution in [3.8, 4) is 5.69 Å². The number of halogens is 1. The van der Waals surface area contributed by atoms with Crippen molar-refractivity contribution in [1.82, 2.24) is 39.5 Å². The molecule has 0 saturated heterocycles. The Kier molecular flexibility index (Phi) is 13.2. The van der Waals surface area contributed by atoms with Crippen LogP contribution in [-0.2, 0) is 0 Å². The van der Waals surface area contributed by atoms with E-state index in [4.69, 9.17) is 77.1 Å². The fourth-order valence-electron chi connectivity index (χ4n) is 5.83. The van der Waals surface area contributed by atoms with Crippen LogP contribution in [0.5, 0.6) is 0 Å². The topological polar surface area (TPSA) is 129 Å². The van der Waals surface area contributed by atoms with Gasteiger partial charge in [0.2, 0.25) is 0 Å². The molecule has 0 saturated carbocycles. The molecule has 6 aromatic carbocycles. The summed E-state index contributed by atoms with van der Waals surface area (Å²) in [5, 5.41) is 0.711. The summed E-state index contributed by atoms with van der Waals surface area (Å²) < 4.78 is 11.3. The summed E-state index contributed by atoms with van der Waals surface area (Å²) in [5.74, 6) is 0. The minimum atomic E-state index is 0.432. The van der Waals surface area contributed by atoms with Gasteiger partial charge in [0.15, 0.2) is 23.9 Å². The highest BCUT2D eigenvalue weighted by molar-refractivity contribution is 7.73. The van der Waals surface area contributed by atoms with Gasteiger partial charge in [0.1, 0.15) is 0 Å². The molecule has 0 aliphatic heterocycles. The highest BCUT2D eigenvalue weighted by Crippen LogP contribution is 2.20. The van der Waals surface area contributed by atoms with E-state index >= 15 is 0 Å². The van der Waals surface area contributed by atoms with Crippen LogP contribution in [0, 0.1) is 30.0 Å². The molecule has 11 aromatic rings. The van der Waals surface area contributed by atoms with E-state index in [0.29, 0.717) is 19.4 Å². The van der Waals surface area contributed by atoms with Crippen LogP contribution >= 0.6 is 84.0 Å². The van der Waals surface area contributed by atoms with Crippen LogP contribution in [-0.4, -0.2) is 39.5 Å². The summed E-state index contributed by atoms with van der Waals surface area (Å²) in [7, 11) is 0. The Morgan fingerprint density at radius 1 is 0.517 bits per heavy atom. The van der Waals surface area contributed by atoms with E-state index < -0.39 is 0 Å². The van der Waals surface area contributed by atoms with Gasteiger partial charge in [0, 0.05) is 10.7 Å². The zero-order valence-corrected chi connectivity index (χ0v) is 36.1. The van der Waals surface area contributed by atoms with Crippen LogP contribution in [0.15, 0.2) is 144 Å². The summed E-state index contributed by atoms with van der Waals surface area (Å²) in [6.07, 6.45) is 0. The average molecular weight is 894 g/mol. The molecule has 9 nitrogen and oxygen atoms in total. The molecule has 0 aliphatic rings. The predicted octanol–water partition coefficient (Wildman–Crippen LogP) is 14.6. The lowest BCUT2D eigenvalue weighted by atomic mass is 10.2. The number of benzene rings is 6. The van der Waals surface area contributed by atoms with Gasteiger partial charge in [0.05, 0.1) is 48.8 Å². The number of imidazole rings is 3. The third-order valence-electron chi connectivity index (χ3n) is 8.41. The maximum Gasteiger partial charge on any atom is 0.266 e. The van der Waals surface area contributed by atoms with Crippen LogP contribution in [0.1, 0.15) is 5.56 Å². The van der Waals surface area contributed by atoms with Crippen molar-refractivity contribution in [2.24, 2.45) is 0 Å². The van der Waals surface area contributed by atoms with Gasteiger partial charge < -0.3 is 39.3 Å². The summed E-state index contributed by atoms with van der Waals surface area (Å²) in [5.41, 5.74) is 11.5. The van der Waals surface area contributed by atoms with Gasteiger partial charge in [-0.3, -0.25) is 4.57 Å². The second kappa shape index (κ2) is 18.8. The first kappa shape index (κ1) is 40.7. The molecular formula is C42H33ClN8OS6. The molecule has 0 fully saturated rings. The number of fused-ring (bicyclic) bond motifs is 5. The molecule has 0 atom stereocenters. The predicted molar refractivity (Wildman–Crippen MR) is 254 cm³/mol. The van der Waals surface area contributed by atoms with E-state index in [1.54, 1.807) is 11.3 Å². The number of aromatic amines is 7. The number of nitrogens with one attached hydrogen (secondary N) is 7. The molecule has 0 unspecified atom stereocenters. The lowest BCUT2D eigenvalue weighted by Crippen LogP contribution is -1.92. The highest BCUT2D eigenvalue weighted by Gasteiger charge is 2.04. The summed E-state index contributed by atoms with van der Waals surface area (Å²) in [4.78, 5) is 21.7. The Morgan fingerprint density at radius 2 is 1.10 bits per heavy atom. The van der Waals surface area contributed by atoms with Crippen molar-refractivity contribution in [2.45, 2.75) is 6.92 Å². The summed E-state index contributed by atoms with van der Waals surface area (Å²) >= 11 is 32.3. The average Bonchev–Trinajstić information content (AvgIpc) is 4.03. The third kappa shape index (κ3) is 10.3. The first-order valence-corrected chi connectivity index (χ1v) is 20.8. The van der Waals surface area contributed by atoms with E-state index in [9.17, 15) is 0 Å². The number of oxazole rings is 1. The quantitative estimate of drug-likeness (QED) is 0.0822. The van der Waals surface area contributed by atoms with E-state index in [0.717, 1.165) is 64.1 Å². The van der Waals surface area contributed by atoms with Gasteiger partial charge in [-0.25, -0.2) is 0 Å². The maximum atomic E-state index is 5.76. The fourth-order valence-corrected chi connectivity index (χ4v) is 8.07. The van der Waals surface area contributed by atoms with Gasteiger partial charge in [0.25, 0.3) is 4.84 Å². The van der Waals surface area contributed by atoms with Gasteiger partial charge in [-0.1, -0.05) is 72.3 Å². The Labute approximate surface area is 365 Å². The van der Waals surface area contributed by atoms with Gasteiger partial charge in [-0.15, -0.1) is 11.3 Å². The Morgan fingerprint density at radius 3 is 1.81 bits per heavy atom. The van der Waals surface area contributed by atoms with Crippen LogP contribution in [0.2, 0.25) is 5.02 Å². The zero-order valence-electron chi connectivity index (χ0n) is 30.5. The SMILES string of the molecule is Cc1ccc2[nH]c(=S)[nH]c2c1.S=c1[nH]c2ccc(Cl)cc2[nH]1.S=c1[nH]c2ccccc2n1-c1ccccc1.S=c1[nH]c2ccccc2o1.S=c1[nH]c2ccccc2s1. The van der Waals surface area contributed by atoms with Crippen LogP contribution in [0.3, 0.4) is 0 Å². The molecule has 16 heteroatoms.